The van der Waals surface area contributed by atoms with Crippen LogP contribution in [0.1, 0.15) is 22.1 Å². The second-order valence-electron chi connectivity index (χ2n) is 7.04. The Balaban J connectivity index is 2.04. The van der Waals surface area contributed by atoms with Crippen LogP contribution in [0.2, 0.25) is 5.02 Å². The number of hydrogen-bond acceptors (Lipinski definition) is 5. The van der Waals surface area contributed by atoms with E-state index in [1.54, 1.807) is 36.5 Å². The summed E-state index contributed by atoms with van der Waals surface area (Å²) in [5.41, 5.74) is 1.17. The number of aromatic nitrogens is 1. The Morgan fingerprint density at radius 1 is 1.16 bits per heavy atom. The van der Waals surface area contributed by atoms with Gasteiger partial charge in [-0.15, -0.1) is 0 Å². The second-order valence-corrected chi connectivity index (χ2v) is 11.1. The summed E-state index contributed by atoms with van der Waals surface area (Å²) in [5.74, 6) is 2.61. The van der Waals surface area contributed by atoms with Gasteiger partial charge in [-0.1, -0.05) is 17.7 Å². The Kier molecular flexibility index (Phi) is 7.72. The summed E-state index contributed by atoms with van der Waals surface area (Å²) in [5, 5.41) is -0.611. The first-order valence-corrected chi connectivity index (χ1v) is 12.2. The van der Waals surface area contributed by atoms with E-state index < -0.39 is 26.4 Å². The summed E-state index contributed by atoms with van der Waals surface area (Å²) in [6, 6.07) is 12.9. The molecular formula is C22H22ClF2N3OS2. The number of pyridine rings is 1. The molecule has 0 radical (unpaired) electrons. The van der Waals surface area contributed by atoms with Crippen molar-refractivity contribution >= 4 is 39.1 Å². The van der Waals surface area contributed by atoms with Gasteiger partial charge in [0.2, 0.25) is 0 Å². The molecule has 1 heterocycles. The summed E-state index contributed by atoms with van der Waals surface area (Å²) < 4.78 is 47.7. The maximum absolute atomic E-state index is 14.8. The average molecular weight is 482 g/mol. The Labute approximate surface area is 190 Å². The van der Waals surface area contributed by atoms with E-state index in [0.717, 1.165) is 23.8 Å². The third-order valence-electron chi connectivity index (χ3n) is 4.47. The summed E-state index contributed by atoms with van der Waals surface area (Å²) in [6.45, 7) is 0.548. The van der Waals surface area contributed by atoms with E-state index in [2.05, 4.69) is 15.6 Å². The summed E-state index contributed by atoms with van der Waals surface area (Å²) in [6.07, 6.45) is 1.63. The molecular weight excluding hydrogens is 460 g/mol. The largest absolute Gasteiger partial charge is 0.262 e. The van der Waals surface area contributed by atoms with Gasteiger partial charge in [0.05, 0.1) is 5.69 Å². The van der Waals surface area contributed by atoms with Crippen molar-refractivity contribution in [2.45, 2.75) is 16.7 Å². The van der Waals surface area contributed by atoms with Crippen molar-refractivity contribution in [2.75, 3.05) is 14.1 Å². The predicted octanol–water partition coefficient (Wildman–Crippen LogP) is 5.09. The lowest BCUT2D eigenvalue weighted by Crippen LogP contribution is -2.18. The van der Waals surface area contributed by atoms with Crippen LogP contribution in [-0.4, -0.2) is 33.5 Å². The third-order valence-corrected chi connectivity index (χ3v) is 7.69. The molecule has 0 spiro atoms. The second kappa shape index (κ2) is 10.1. The van der Waals surface area contributed by atoms with Crippen molar-refractivity contribution in [1.29, 1.82) is 0 Å². The van der Waals surface area contributed by atoms with Gasteiger partial charge in [0, 0.05) is 49.9 Å². The van der Waals surface area contributed by atoms with E-state index in [-0.39, 0.29) is 5.56 Å². The molecule has 2 atom stereocenters. The van der Waals surface area contributed by atoms with Gasteiger partial charge >= 0.3 is 0 Å². The molecule has 164 valence electrons. The zero-order chi connectivity index (χ0) is 22.6. The van der Waals surface area contributed by atoms with E-state index >= 15 is 0 Å². The molecule has 1 aromatic heterocycles. The minimum atomic E-state index is -3.16. The lowest BCUT2D eigenvalue weighted by Gasteiger charge is -2.23. The Morgan fingerprint density at radius 2 is 1.87 bits per heavy atom. The van der Waals surface area contributed by atoms with Crippen molar-refractivity contribution in [1.82, 2.24) is 14.0 Å². The highest BCUT2D eigenvalue weighted by Gasteiger charge is 2.30. The Bertz CT molecular complexity index is 1140. The van der Waals surface area contributed by atoms with Crippen LogP contribution in [0, 0.1) is 11.6 Å². The average Bonchev–Trinajstić information content (AvgIpc) is 2.72. The molecule has 0 fully saturated rings. The van der Waals surface area contributed by atoms with Crippen LogP contribution in [0.5, 0.6) is 0 Å². The topological polar surface area (TPSA) is 45.2 Å². The smallest absolute Gasteiger partial charge is 0.128 e. The molecule has 0 aliphatic carbocycles. The van der Waals surface area contributed by atoms with Crippen LogP contribution in [-0.2, 0) is 16.1 Å². The van der Waals surface area contributed by atoms with Gasteiger partial charge in [-0.3, -0.25) is 9.19 Å². The first-order valence-electron chi connectivity index (χ1n) is 9.27. The number of hydrogen-bond donors (Lipinski definition) is 1. The standard InChI is InChI=1S/C22H22ClF2N3OS2/c1-28(2)30-27-14-15-4-11-21(26-13-15)22(19-12-17(24)7-10-20(19)25)31(3,29)18-8-5-16(23)6-9-18/h4-13,22,27H,3,14H2,1-2H3. The third kappa shape index (κ3) is 5.84. The maximum Gasteiger partial charge on any atom is 0.128 e. The van der Waals surface area contributed by atoms with Crippen molar-refractivity contribution in [2.24, 2.45) is 0 Å². The maximum atomic E-state index is 14.8. The van der Waals surface area contributed by atoms with Gasteiger partial charge in [-0.05, 0) is 74.1 Å². The van der Waals surface area contributed by atoms with E-state index in [1.165, 1.54) is 12.1 Å². The van der Waals surface area contributed by atoms with Gasteiger partial charge in [0.25, 0.3) is 0 Å². The first kappa shape index (κ1) is 23.7. The summed E-state index contributed by atoms with van der Waals surface area (Å²) in [7, 11) is 0.672. The minimum Gasteiger partial charge on any atom is -0.262 e. The molecule has 1 N–H and O–H groups in total. The highest BCUT2D eigenvalue weighted by molar-refractivity contribution is 8.00. The predicted molar refractivity (Wildman–Crippen MR) is 126 cm³/mol. The van der Waals surface area contributed by atoms with Crippen molar-refractivity contribution in [3.63, 3.8) is 0 Å². The molecule has 3 aromatic rings. The van der Waals surface area contributed by atoms with E-state index in [1.807, 2.05) is 24.5 Å². The zero-order valence-corrected chi connectivity index (χ0v) is 19.4. The van der Waals surface area contributed by atoms with Gasteiger partial charge in [-0.2, -0.15) is 0 Å². The van der Waals surface area contributed by atoms with E-state index in [0.29, 0.717) is 22.2 Å². The quantitative estimate of drug-likeness (QED) is 0.358. The van der Waals surface area contributed by atoms with Gasteiger partial charge < -0.3 is 0 Å². The molecule has 0 amide bonds. The number of halogens is 3. The molecule has 2 unspecified atom stereocenters. The highest BCUT2D eigenvalue weighted by atomic mass is 35.5. The molecule has 0 aliphatic heterocycles. The van der Waals surface area contributed by atoms with Gasteiger partial charge in [0.1, 0.15) is 16.9 Å². The number of nitrogens with one attached hydrogen (secondary N) is 1. The lowest BCUT2D eigenvalue weighted by atomic mass is 10.1. The molecule has 0 saturated heterocycles. The molecule has 0 aliphatic rings. The molecule has 2 aromatic carbocycles. The zero-order valence-electron chi connectivity index (χ0n) is 17.0. The van der Waals surface area contributed by atoms with Gasteiger partial charge in [-0.25, -0.2) is 17.8 Å². The number of nitrogens with zero attached hydrogens (tertiary/aromatic N) is 2. The van der Waals surface area contributed by atoms with Crippen molar-refractivity contribution < 1.29 is 13.0 Å². The fourth-order valence-electron chi connectivity index (χ4n) is 3.02. The van der Waals surface area contributed by atoms with Crippen LogP contribution in [0.25, 0.3) is 0 Å². The van der Waals surface area contributed by atoms with Gasteiger partial charge in [0.15, 0.2) is 0 Å². The number of benzene rings is 2. The van der Waals surface area contributed by atoms with Crippen LogP contribution >= 0.6 is 23.7 Å². The normalized spacial score (nSPS) is 14.4. The number of rotatable bonds is 8. The van der Waals surface area contributed by atoms with Crippen LogP contribution in [0.4, 0.5) is 8.78 Å². The van der Waals surface area contributed by atoms with Crippen LogP contribution < -0.4 is 4.72 Å². The minimum absolute atomic E-state index is 0.0588. The molecule has 0 bridgehead atoms. The van der Waals surface area contributed by atoms with Crippen molar-refractivity contribution in [3.05, 3.63) is 94.3 Å². The molecule has 4 nitrogen and oxygen atoms in total. The van der Waals surface area contributed by atoms with Crippen LogP contribution in [0.3, 0.4) is 0 Å². The fraction of sp³-hybridized carbons (Fsp3) is 0.182. The molecule has 9 heteroatoms. The van der Waals surface area contributed by atoms with Crippen molar-refractivity contribution in [3.8, 4) is 0 Å². The van der Waals surface area contributed by atoms with Crippen LogP contribution in [0.15, 0.2) is 65.7 Å². The fourth-order valence-corrected chi connectivity index (χ4v) is 5.62. The van der Waals surface area contributed by atoms with E-state index in [4.69, 9.17) is 11.6 Å². The molecule has 3 rings (SSSR count). The Hall–Kier alpha value is -1.97. The lowest BCUT2D eigenvalue weighted by molar-refractivity contribution is 0.584. The highest BCUT2D eigenvalue weighted by Crippen LogP contribution is 2.36. The summed E-state index contributed by atoms with van der Waals surface area (Å²) >= 11 is 7.39. The molecule has 31 heavy (non-hydrogen) atoms. The monoisotopic (exact) mass is 481 g/mol. The summed E-state index contributed by atoms with van der Waals surface area (Å²) in [4.78, 5) is 4.81. The SMILES string of the molecule is C=S(=O)(c1ccc(Cl)cc1)C(c1ccc(CNSN(C)C)cn1)c1cc(F)ccc1F. The Morgan fingerprint density at radius 3 is 2.48 bits per heavy atom. The first-order chi connectivity index (χ1) is 14.7. The molecule has 0 saturated carbocycles. The van der Waals surface area contributed by atoms with E-state index in [9.17, 15) is 13.0 Å².